The van der Waals surface area contributed by atoms with E-state index in [0.29, 0.717) is 41.9 Å². The third-order valence-electron chi connectivity index (χ3n) is 5.67. The average Bonchev–Trinajstić information content (AvgIpc) is 2.73. The number of aliphatic carboxylic acids is 1. The number of rotatable bonds is 4. The maximum atomic E-state index is 12.9. The normalized spacial score (nSPS) is 17.8. The fourth-order valence-corrected chi connectivity index (χ4v) is 3.84. The smallest absolute Gasteiger partial charge is 0.416 e. The minimum Gasteiger partial charge on any atom is -1.00 e. The first-order valence-electron chi connectivity index (χ1n) is 9.81. The molecule has 3 aromatic carbocycles. The van der Waals surface area contributed by atoms with Gasteiger partial charge in [0.15, 0.2) is 5.54 Å². The Kier molecular flexibility index (Phi) is 6.53. The summed E-state index contributed by atoms with van der Waals surface area (Å²) < 4.78 is 44.7. The van der Waals surface area contributed by atoms with Crippen molar-refractivity contribution in [1.82, 2.24) is 0 Å². The molecule has 4 rings (SSSR count). The Morgan fingerprint density at radius 1 is 1.00 bits per heavy atom. The van der Waals surface area contributed by atoms with Gasteiger partial charge in [0.25, 0.3) is 0 Å². The second-order valence-electron chi connectivity index (χ2n) is 7.87. The number of alkyl halides is 3. The lowest BCUT2D eigenvalue weighted by molar-refractivity contribution is -0.464. The number of quaternary nitrogens is 1. The molecule has 1 atom stereocenters. The zero-order chi connectivity index (χ0) is 22.2. The predicted octanol–water partition coefficient (Wildman–Crippen LogP) is 1.72. The minimum absolute atomic E-state index is 0. The van der Waals surface area contributed by atoms with Gasteiger partial charge in [-0.15, -0.1) is 0 Å². The molecular formula is C24H21ClF3NO3. The van der Waals surface area contributed by atoms with Crippen LogP contribution in [0.1, 0.15) is 23.1 Å². The first kappa shape index (κ1) is 23.6. The number of aryl methyl sites for hydroxylation is 1. The fourth-order valence-electron chi connectivity index (χ4n) is 3.84. The molecule has 1 unspecified atom stereocenters. The van der Waals surface area contributed by atoms with Crippen LogP contribution in [0.25, 0.3) is 11.1 Å². The highest BCUT2D eigenvalue weighted by Gasteiger charge is 2.41. The summed E-state index contributed by atoms with van der Waals surface area (Å²) in [6, 6.07) is 17.6. The standard InChI is InChI=1S/C24H20F3NO3.ClH/c25-24(26,27)18-8-5-16(6-9-18)20-3-1-2-4-21(20)31-19-10-7-15-11-12-23(28,22(29)30)14-17(15)13-19;/h1-10,13H,11-12,14,28H2,(H,29,30);1H. The minimum atomic E-state index is -4.39. The molecule has 8 heteroatoms. The molecular weight excluding hydrogens is 443 g/mol. The number of benzene rings is 3. The van der Waals surface area contributed by atoms with Crippen molar-refractivity contribution in [3.8, 4) is 22.6 Å². The summed E-state index contributed by atoms with van der Waals surface area (Å²) in [5.41, 5.74) is 5.35. The van der Waals surface area contributed by atoms with E-state index in [-0.39, 0.29) is 12.4 Å². The van der Waals surface area contributed by atoms with Crippen LogP contribution in [0.5, 0.6) is 11.5 Å². The number of halogens is 4. The predicted molar refractivity (Wildman–Crippen MR) is 109 cm³/mol. The van der Waals surface area contributed by atoms with Crippen LogP contribution < -0.4 is 22.9 Å². The molecule has 1 aliphatic carbocycles. The van der Waals surface area contributed by atoms with Gasteiger partial charge in [-0.1, -0.05) is 36.4 Å². The molecule has 0 heterocycles. The lowest BCUT2D eigenvalue weighted by Gasteiger charge is -2.28. The summed E-state index contributed by atoms with van der Waals surface area (Å²) in [5, 5.41) is 9.50. The van der Waals surface area contributed by atoms with Crippen LogP contribution >= 0.6 is 0 Å². The molecule has 4 N–H and O–H groups in total. The quantitative estimate of drug-likeness (QED) is 0.619. The van der Waals surface area contributed by atoms with E-state index in [1.54, 1.807) is 24.3 Å². The number of fused-ring (bicyclic) bond motifs is 1. The van der Waals surface area contributed by atoms with Crippen molar-refractivity contribution < 1.29 is 45.9 Å². The monoisotopic (exact) mass is 463 g/mol. The molecule has 0 fully saturated rings. The van der Waals surface area contributed by atoms with E-state index in [1.807, 2.05) is 18.2 Å². The van der Waals surface area contributed by atoms with Crippen molar-refractivity contribution in [2.45, 2.75) is 31.0 Å². The lowest BCUT2D eigenvalue weighted by Crippen LogP contribution is -3.00. The summed E-state index contributed by atoms with van der Waals surface area (Å²) in [7, 11) is 0. The Labute approximate surface area is 189 Å². The average molecular weight is 464 g/mol. The van der Waals surface area contributed by atoms with Gasteiger partial charge in [0.2, 0.25) is 0 Å². The van der Waals surface area contributed by atoms with E-state index in [0.717, 1.165) is 23.3 Å². The molecule has 0 bridgehead atoms. The molecule has 0 saturated heterocycles. The second kappa shape index (κ2) is 8.84. The van der Waals surface area contributed by atoms with Gasteiger partial charge < -0.3 is 28.0 Å². The van der Waals surface area contributed by atoms with Crippen LogP contribution in [0, 0.1) is 0 Å². The molecule has 32 heavy (non-hydrogen) atoms. The molecule has 1 aliphatic rings. The van der Waals surface area contributed by atoms with Gasteiger partial charge in [-0.3, -0.25) is 0 Å². The highest BCUT2D eigenvalue weighted by atomic mass is 35.5. The first-order valence-corrected chi connectivity index (χ1v) is 9.81. The number of carboxylic acids is 1. The maximum absolute atomic E-state index is 12.9. The zero-order valence-corrected chi connectivity index (χ0v) is 17.7. The topological polar surface area (TPSA) is 74.2 Å². The van der Waals surface area contributed by atoms with Crippen LogP contribution in [-0.2, 0) is 23.8 Å². The van der Waals surface area contributed by atoms with E-state index in [2.05, 4.69) is 5.73 Å². The Bertz CT molecular complexity index is 1130. The Hall–Kier alpha value is -3.03. The summed E-state index contributed by atoms with van der Waals surface area (Å²) in [6.07, 6.45) is -2.97. The molecule has 4 nitrogen and oxygen atoms in total. The maximum Gasteiger partial charge on any atom is 0.416 e. The second-order valence-corrected chi connectivity index (χ2v) is 7.87. The number of carboxylic acid groups (broad SMARTS) is 1. The largest absolute Gasteiger partial charge is 1.00 e. The summed E-state index contributed by atoms with van der Waals surface area (Å²) in [6.45, 7) is 0. The molecule has 0 spiro atoms. The number of para-hydroxylation sites is 1. The first-order chi connectivity index (χ1) is 14.7. The molecule has 0 saturated carbocycles. The summed E-state index contributed by atoms with van der Waals surface area (Å²) in [5.74, 6) is 0.113. The summed E-state index contributed by atoms with van der Waals surface area (Å²) in [4.78, 5) is 11.6. The van der Waals surface area contributed by atoms with Gasteiger partial charge in [0, 0.05) is 18.4 Å². The van der Waals surface area contributed by atoms with Gasteiger partial charge in [-0.25, -0.2) is 4.79 Å². The van der Waals surface area contributed by atoms with Crippen LogP contribution in [0.4, 0.5) is 13.2 Å². The van der Waals surface area contributed by atoms with Gasteiger partial charge >= 0.3 is 12.1 Å². The molecule has 168 valence electrons. The van der Waals surface area contributed by atoms with E-state index in [4.69, 9.17) is 4.74 Å². The van der Waals surface area contributed by atoms with Crippen molar-refractivity contribution in [1.29, 1.82) is 0 Å². The number of hydrogen-bond donors (Lipinski definition) is 2. The highest BCUT2D eigenvalue weighted by molar-refractivity contribution is 5.78. The van der Waals surface area contributed by atoms with Crippen LogP contribution in [0.3, 0.4) is 0 Å². The molecule has 0 aliphatic heterocycles. The van der Waals surface area contributed by atoms with Gasteiger partial charge in [-0.2, -0.15) is 13.2 Å². The fraction of sp³-hybridized carbons (Fsp3) is 0.208. The van der Waals surface area contributed by atoms with Crippen molar-refractivity contribution >= 4 is 5.97 Å². The molecule has 0 amide bonds. The Morgan fingerprint density at radius 2 is 1.69 bits per heavy atom. The van der Waals surface area contributed by atoms with E-state index in [9.17, 15) is 23.1 Å². The number of ether oxygens (including phenoxy) is 1. The molecule has 3 aromatic rings. The van der Waals surface area contributed by atoms with Crippen LogP contribution in [0.15, 0.2) is 66.7 Å². The van der Waals surface area contributed by atoms with Crippen molar-refractivity contribution in [3.05, 3.63) is 83.4 Å². The molecule has 0 aromatic heterocycles. The van der Waals surface area contributed by atoms with E-state index in [1.165, 1.54) is 12.1 Å². The number of carbonyl (C=O) groups is 1. The van der Waals surface area contributed by atoms with E-state index < -0.39 is 23.2 Å². The van der Waals surface area contributed by atoms with Crippen molar-refractivity contribution in [2.75, 3.05) is 0 Å². The highest BCUT2D eigenvalue weighted by Crippen LogP contribution is 2.37. The van der Waals surface area contributed by atoms with Crippen LogP contribution in [0.2, 0.25) is 0 Å². The van der Waals surface area contributed by atoms with Gasteiger partial charge in [0.1, 0.15) is 11.5 Å². The van der Waals surface area contributed by atoms with Crippen molar-refractivity contribution in [2.24, 2.45) is 0 Å². The SMILES string of the molecule is [Cl-].[NH3+]C1(C(=O)O)CCc2ccc(Oc3ccccc3-c3ccc(C(F)(F)F)cc3)cc2C1. The van der Waals surface area contributed by atoms with Crippen molar-refractivity contribution in [3.63, 3.8) is 0 Å². The lowest BCUT2D eigenvalue weighted by atomic mass is 9.78. The van der Waals surface area contributed by atoms with Gasteiger partial charge in [0.05, 0.1) is 5.56 Å². The third kappa shape index (κ3) is 4.74. The van der Waals surface area contributed by atoms with E-state index >= 15 is 0 Å². The Morgan fingerprint density at radius 3 is 2.34 bits per heavy atom. The number of hydrogen-bond acceptors (Lipinski definition) is 2. The summed E-state index contributed by atoms with van der Waals surface area (Å²) >= 11 is 0. The Balaban J connectivity index is 0.00000289. The third-order valence-corrected chi connectivity index (χ3v) is 5.67. The van der Waals surface area contributed by atoms with Crippen LogP contribution in [-0.4, -0.2) is 16.6 Å². The zero-order valence-electron chi connectivity index (χ0n) is 17.0. The molecule has 0 radical (unpaired) electrons. The van der Waals surface area contributed by atoms with Gasteiger partial charge in [-0.05, 0) is 53.4 Å².